The molecule has 0 aliphatic carbocycles. The maximum absolute atomic E-state index is 12.4. The molecule has 0 saturated carbocycles. The molecule has 9 heteroatoms. The number of benzene rings is 2. The molecule has 8 nitrogen and oxygen atoms in total. The summed E-state index contributed by atoms with van der Waals surface area (Å²) in [6, 6.07) is 13.8. The van der Waals surface area contributed by atoms with Crippen LogP contribution in [0.15, 0.2) is 48.7 Å². The number of hydrogen-bond donors (Lipinski definition) is 1. The van der Waals surface area contributed by atoms with E-state index in [9.17, 15) is 4.79 Å². The summed E-state index contributed by atoms with van der Waals surface area (Å²) < 4.78 is 19.5. The van der Waals surface area contributed by atoms with Gasteiger partial charge in [0.1, 0.15) is 22.9 Å². The van der Waals surface area contributed by atoms with Gasteiger partial charge in [-0.1, -0.05) is 6.07 Å². The van der Waals surface area contributed by atoms with Crippen molar-refractivity contribution in [1.29, 1.82) is 0 Å². The second-order valence-corrected chi connectivity index (χ2v) is 8.25. The zero-order valence-electron chi connectivity index (χ0n) is 17.7. The van der Waals surface area contributed by atoms with Crippen molar-refractivity contribution in [3.63, 3.8) is 0 Å². The average Bonchev–Trinajstić information content (AvgIpc) is 3.44. The molecule has 1 aliphatic heterocycles. The molecule has 1 fully saturated rings. The largest absolute Gasteiger partial charge is 0.497 e. The molecule has 4 aromatic rings. The molecule has 2 aromatic heterocycles. The number of hydrogen-bond acceptors (Lipinski definition) is 8. The first kappa shape index (κ1) is 20.6. The van der Waals surface area contributed by atoms with E-state index >= 15 is 0 Å². The van der Waals surface area contributed by atoms with E-state index in [-0.39, 0.29) is 12.2 Å². The van der Waals surface area contributed by atoms with Gasteiger partial charge in [0.2, 0.25) is 0 Å². The van der Waals surface area contributed by atoms with E-state index in [1.807, 2.05) is 30.3 Å². The van der Waals surface area contributed by atoms with Crippen LogP contribution in [0.3, 0.4) is 0 Å². The van der Waals surface area contributed by atoms with Crippen molar-refractivity contribution >= 4 is 39.8 Å². The Balaban J connectivity index is 1.15. The number of methoxy groups -OCH3 is 1. The smallest absolute Gasteiger partial charge is 0.410 e. The number of nitrogens with zero attached hydrogens (tertiary/aromatic N) is 4. The van der Waals surface area contributed by atoms with Gasteiger partial charge in [0.05, 0.1) is 30.9 Å². The van der Waals surface area contributed by atoms with Crippen molar-refractivity contribution in [2.75, 3.05) is 26.7 Å². The summed E-state index contributed by atoms with van der Waals surface area (Å²) in [5.74, 6) is 0.754. The Bertz CT molecular complexity index is 1260. The molecule has 1 atom stereocenters. The molecule has 5 rings (SSSR count). The highest BCUT2D eigenvalue weighted by Crippen LogP contribution is 2.32. The van der Waals surface area contributed by atoms with E-state index in [0.29, 0.717) is 13.1 Å². The van der Waals surface area contributed by atoms with E-state index in [1.54, 1.807) is 18.2 Å². The number of cyclic esters (lactones) is 1. The van der Waals surface area contributed by atoms with Crippen molar-refractivity contribution in [2.45, 2.75) is 19.1 Å². The second-order valence-electron chi connectivity index (χ2n) is 7.72. The van der Waals surface area contributed by atoms with Crippen LogP contribution in [0.2, 0.25) is 0 Å². The molecule has 0 spiro atoms. The van der Waals surface area contributed by atoms with Gasteiger partial charge in [0.15, 0.2) is 0 Å². The molecule has 1 N–H and O–H groups in total. The average molecular weight is 450 g/mol. The van der Waals surface area contributed by atoms with Crippen molar-refractivity contribution in [3.05, 3.63) is 59.8 Å². The van der Waals surface area contributed by atoms with Crippen LogP contribution in [0.25, 0.3) is 21.9 Å². The summed E-state index contributed by atoms with van der Waals surface area (Å²) in [5.41, 5.74) is 4.84. The summed E-state index contributed by atoms with van der Waals surface area (Å²) in [4.78, 5) is 18.6. The normalized spacial score (nSPS) is 16.1. The molecule has 1 aliphatic rings. The number of ether oxygens (including phenoxy) is 2. The van der Waals surface area contributed by atoms with E-state index in [4.69, 9.17) is 9.47 Å². The van der Waals surface area contributed by atoms with Gasteiger partial charge in [-0.05, 0) is 54.9 Å². The Morgan fingerprint density at radius 3 is 2.94 bits per heavy atom. The van der Waals surface area contributed by atoms with Crippen LogP contribution in [-0.4, -0.2) is 51.5 Å². The van der Waals surface area contributed by atoms with Crippen LogP contribution in [0.1, 0.15) is 23.7 Å². The zero-order valence-corrected chi connectivity index (χ0v) is 18.5. The summed E-state index contributed by atoms with van der Waals surface area (Å²) in [6.07, 6.45) is 2.01. The summed E-state index contributed by atoms with van der Waals surface area (Å²) in [5, 5.41) is 4.38. The van der Waals surface area contributed by atoms with Crippen LogP contribution in [0.5, 0.6) is 5.75 Å². The highest BCUT2D eigenvalue weighted by Gasteiger charge is 2.32. The lowest BCUT2D eigenvalue weighted by Crippen LogP contribution is -2.28. The van der Waals surface area contributed by atoms with Gasteiger partial charge in [0.25, 0.3) is 0 Å². The van der Waals surface area contributed by atoms with Gasteiger partial charge in [-0.2, -0.15) is 8.75 Å². The number of amides is 1. The lowest BCUT2D eigenvalue weighted by Gasteiger charge is -2.14. The van der Waals surface area contributed by atoms with Crippen LogP contribution in [0.4, 0.5) is 4.79 Å². The topological polar surface area (TPSA) is 89.5 Å². The second kappa shape index (κ2) is 9.05. The third-order valence-electron chi connectivity index (χ3n) is 5.65. The highest BCUT2D eigenvalue weighted by atomic mass is 32.1. The van der Waals surface area contributed by atoms with Crippen molar-refractivity contribution in [1.82, 2.24) is 23.9 Å². The van der Waals surface area contributed by atoms with E-state index in [0.717, 1.165) is 52.8 Å². The number of pyridine rings is 1. The van der Waals surface area contributed by atoms with E-state index < -0.39 is 0 Å². The van der Waals surface area contributed by atoms with E-state index in [2.05, 4.69) is 31.2 Å². The minimum Gasteiger partial charge on any atom is -0.497 e. The predicted molar refractivity (Wildman–Crippen MR) is 123 cm³/mol. The fourth-order valence-electron chi connectivity index (χ4n) is 3.97. The summed E-state index contributed by atoms with van der Waals surface area (Å²) in [7, 11) is 1.64. The van der Waals surface area contributed by atoms with Gasteiger partial charge in [0, 0.05) is 30.2 Å². The molecule has 0 unspecified atom stereocenters. The Labute approximate surface area is 189 Å². The van der Waals surface area contributed by atoms with Crippen LogP contribution >= 0.6 is 11.7 Å². The summed E-state index contributed by atoms with van der Waals surface area (Å²) in [6.45, 7) is 2.73. The standard InChI is InChI=1S/C23H23N5O3S/c1-30-16-4-6-19-18(12-16)17(7-9-25-19)22-14-28(23(29)31-22)10-2-8-24-13-15-3-5-20-21(11-15)27-32-26-20/h3-7,9,11-12,22,24H,2,8,10,13-14H2,1H3/t22-/m0/s1. The molecular weight excluding hydrogens is 426 g/mol. The Hall–Kier alpha value is -3.30. The number of rotatable bonds is 8. The SMILES string of the molecule is COc1ccc2nccc([C@@H]3CN(CCCNCc4ccc5nsnc5c4)C(=O)O3)c2c1. The molecule has 1 amide bonds. The molecular formula is C23H23N5O3S. The van der Waals surface area contributed by atoms with Gasteiger partial charge < -0.3 is 19.7 Å². The predicted octanol–water partition coefficient (Wildman–Crippen LogP) is 3.92. The zero-order chi connectivity index (χ0) is 21.9. The summed E-state index contributed by atoms with van der Waals surface area (Å²) >= 11 is 1.23. The van der Waals surface area contributed by atoms with Crippen LogP contribution in [-0.2, 0) is 11.3 Å². The van der Waals surface area contributed by atoms with Gasteiger partial charge in [-0.25, -0.2) is 4.79 Å². The number of aromatic nitrogens is 3. The molecule has 3 heterocycles. The van der Waals surface area contributed by atoms with Crippen molar-refractivity contribution in [2.24, 2.45) is 0 Å². The monoisotopic (exact) mass is 449 g/mol. The Morgan fingerprint density at radius 2 is 2.03 bits per heavy atom. The molecule has 0 bridgehead atoms. The number of nitrogens with one attached hydrogen (secondary N) is 1. The first-order valence-electron chi connectivity index (χ1n) is 10.5. The lowest BCUT2D eigenvalue weighted by molar-refractivity contribution is 0.133. The first-order chi connectivity index (χ1) is 15.7. The highest BCUT2D eigenvalue weighted by molar-refractivity contribution is 7.00. The van der Waals surface area contributed by atoms with Crippen LogP contribution < -0.4 is 10.1 Å². The fourth-order valence-corrected chi connectivity index (χ4v) is 4.49. The quantitative estimate of drug-likeness (QED) is 0.408. The molecule has 0 radical (unpaired) electrons. The third kappa shape index (κ3) is 4.21. The Morgan fingerprint density at radius 1 is 1.16 bits per heavy atom. The molecule has 1 saturated heterocycles. The molecule has 2 aromatic carbocycles. The minimum atomic E-state index is -0.313. The number of carbonyl (C=O) groups excluding carboxylic acids is 1. The van der Waals surface area contributed by atoms with E-state index in [1.165, 1.54) is 17.3 Å². The Kier molecular flexibility index (Phi) is 5.83. The first-order valence-corrected chi connectivity index (χ1v) is 11.2. The van der Waals surface area contributed by atoms with Crippen molar-refractivity contribution in [3.8, 4) is 5.75 Å². The molecule has 32 heavy (non-hydrogen) atoms. The third-order valence-corrected chi connectivity index (χ3v) is 6.20. The lowest BCUT2D eigenvalue weighted by atomic mass is 10.0. The van der Waals surface area contributed by atoms with Gasteiger partial charge >= 0.3 is 6.09 Å². The van der Waals surface area contributed by atoms with Gasteiger partial charge in [-0.15, -0.1) is 0 Å². The minimum absolute atomic E-state index is 0.274. The fraction of sp³-hybridized carbons (Fsp3) is 0.304. The van der Waals surface area contributed by atoms with Crippen molar-refractivity contribution < 1.29 is 14.3 Å². The maximum atomic E-state index is 12.4. The van der Waals surface area contributed by atoms with Gasteiger partial charge in [-0.3, -0.25) is 4.98 Å². The maximum Gasteiger partial charge on any atom is 0.410 e. The van der Waals surface area contributed by atoms with Crippen LogP contribution in [0, 0.1) is 0 Å². The molecule has 164 valence electrons. The number of carbonyl (C=O) groups is 1. The number of fused-ring (bicyclic) bond motifs is 2.